The summed E-state index contributed by atoms with van der Waals surface area (Å²) in [5.41, 5.74) is 6.48. The second-order valence-electron chi connectivity index (χ2n) is 4.27. The third-order valence-corrected chi connectivity index (χ3v) is 3.03. The second kappa shape index (κ2) is 4.57. The van der Waals surface area contributed by atoms with Gasteiger partial charge in [0.2, 0.25) is 5.95 Å². The smallest absolute Gasteiger partial charge is 0.225 e. The lowest BCUT2D eigenvalue weighted by Gasteiger charge is -2.30. The Labute approximate surface area is 90.5 Å². The predicted octanol–water partition coefficient (Wildman–Crippen LogP) is 1.17. The molecular formula is C11H18N4. The van der Waals surface area contributed by atoms with Gasteiger partial charge in [0.05, 0.1) is 0 Å². The predicted molar refractivity (Wildman–Crippen MR) is 60.5 cm³/mol. The van der Waals surface area contributed by atoms with E-state index >= 15 is 0 Å². The van der Waals surface area contributed by atoms with Crippen molar-refractivity contribution in [3.63, 3.8) is 0 Å². The summed E-state index contributed by atoms with van der Waals surface area (Å²) in [7, 11) is 2.05. The van der Waals surface area contributed by atoms with Gasteiger partial charge in [0.1, 0.15) is 0 Å². The molecule has 1 aromatic heterocycles. The van der Waals surface area contributed by atoms with Crippen LogP contribution in [0.5, 0.6) is 0 Å². The van der Waals surface area contributed by atoms with Crippen LogP contribution in [0.25, 0.3) is 0 Å². The number of nitrogens with zero attached hydrogens (tertiary/aromatic N) is 3. The van der Waals surface area contributed by atoms with Crippen LogP contribution in [-0.2, 0) is 6.54 Å². The molecule has 0 atom stereocenters. The molecule has 4 heteroatoms. The van der Waals surface area contributed by atoms with Crippen molar-refractivity contribution in [3.8, 4) is 0 Å². The molecule has 1 aliphatic carbocycles. The highest BCUT2D eigenvalue weighted by Gasteiger charge is 2.19. The van der Waals surface area contributed by atoms with E-state index in [9.17, 15) is 0 Å². The third kappa shape index (κ3) is 2.45. The highest BCUT2D eigenvalue weighted by molar-refractivity contribution is 5.28. The summed E-state index contributed by atoms with van der Waals surface area (Å²) in [4.78, 5) is 10.7. The SMILES string of the molecule is CN(CC1CCC1)c1ncc(CN)cn1. The Morgan fingerprint density at radius 3 is 2.53 bits per heavy atom. The van der Waals surface area contributed by atoms with Gasteiger partial charge in [-0.25, -0.2) is 9.97 Å². The highest BCUT2D eigenvalue weighted by atomic mass is 15.2. The Morgan fingerprint density at radius 2 is 2.07 bits per heavy atom. The molecule has 15 heavy (non-hydrogen) atoms. The summed E-state index contributed by atoms with van der Waals surface area (Å²) in [5, 5.41) is 0. The molecule has 0 aliphatic heterocycles. The number of hydrogen-bond donors (Lipinski definition) is 1. The van der Waals surface area contributed by atoms with Gasteiger partial charge in [0.15, 0.2) is 0 Å². The molecule has 0 aromatic carbocycles. The van der Waals surface area contributed by atoms with E-state index in [-0.39, 0.29) is 0 Å². The summed E-state index contributed by atoms with van der Waals surface area (Å²) in [6.07, 6.45) is 7.70. The average Bonchev–Trinajstić information content (AvgIpc) is 2.23. The van der Waals surface area contributed by atoms with Crippen LogP contribution in [0, 0.1) is 5.92 Å². The number of anilines is 1. The van der Waals surface area contributed by atoms with E-state index in [0.29, 0.717) is 6.54 Å². The van der Waals surface area contributed by atoms with E-state index in [0.717, 1.165) is 24.0 Å². The van der Waals surface area contributed by atoms with Gasteiger partial charge < -0.3 is 10.6 Å². The molecule has 4 nitrogen and oxygen atoms in total. The summed E-state index contributed by atoms with van der Waals surface area (Å²) in [5.74, 6) is 1.65. The summed E-state index contributed by atoms with van der Waals surface area (Å²) >= 11 is 0. The molecule has 0 unspecified atom stereocenters. The molecule has 2 rings (SSSR count). The Kier molecular flexibility index (Phi) is 3.16. The van der Waals surface area contributed by atoms with E-state index in [4.69, 9.17) is 5.73 Å². The first kappa shape index (κ1) is 10.4. The summed E-state index contributed by atoms with van der Waals surface area (Å²) in [6.45, 7) is 1.58. The monoisotopic (exact) mass is 206 g/mol. The van der Waals surface area contributed by atoms with E-state index < -0.39 is 0 Å². The maximum atomic E-state index is 5.49. The Bertz CT molecular complexity index is 305. The lowest BCUT2D eigenvalue weighted by Crippen LogP contribution is -2.30. The molecule has 1 heterocycles. The van der Waals surface area contributed by atoms with Crippen LogP contribution in [0.1, 0.15) is 24.8 Å². The lowest BCUT2D eigenvalue weighted by atomic mass is 9.85. The van der Waals surface area contributed by atoms with Crippen LogP contribution in [0.15, 0.2) is 12.4 Å². The van der Waals surface area contributed by atoms with Crippen molar-refractivity contribution < 1.29 is 0 Å². The third-order valence-electron chi connectivity index (χ3n) is 3.03. The minimum absolute atomic E-state index is 0.507. The van der Waals surface area contributed by atoms with Gasteiger partial charge in [-0.15, -0.1) is 0 Å². The largest absolute Gasteiger partial charge is 0.344 e. The van der Waals surface area contributed by atoms with Crippen molar-refractivity contribution in [1.82, 2.24) is 9.97 Å². The van der Waals surface area contributed by atoms with E-state index in [1.54, 1.807) is 12.4 Å². The van der Waals surface area contributed by atoms with Crippen molar-refractivity contribution in [2.45, 2.75) is 25.8 Å². The van der Waals surface area contributed by atoms with Gasteiger partial charge in [0.25, 0.3) is 0 Å². The number of nitrogens with two attached hydrogens (primary N) is 1. The van der Waals surface area contributed by atoms with Gasteiger partial charge in [-0.3, -0.25) is 0 Å². The average molecular weight is 206 g/mol. The van der Waals surface area contributed by atoms with Crippen LogP contribution in [0.2, 0.25) is 0 Å². The summed E-state index contributed by atoms with van der Waals surface area (Å²) < 4.78 is 0. The Morgan fingerprint density at radius 1 is 1.40 bits per heavy atom. The highest BCUT2D eigenvalue weighted by Crippen LogP contribution is 2.27. The van der Waals surface area contributed by atoms with Crippen molar-refractivity contribution in [3.05, 3.63) is 18.0 Å². The molecule has 0 saturated heterocycles. The van der Waals surface area contributed by atoms with Gasteiger partial charge in [-0.2, -0.15) is 0 Å². The molecule has 1 saturated carbocycles. The Hall–Kier alpha value is -1.16. The van der Waals surface area contributed by atoms with Crippen molar-refractivity contribution in [2.24, 2.45) is 11.7 Å². The first-order valence-corrected chi connectivity index (χ1v) is 5.51. The zero-order valence-corrected chi connectivity index (χ0v) is 9.19. The zero-order valence-electron chi connectivity index (χ0n) is 9.19. The molecular weight excluding hydrogens is 188 g/mol. The van der Waals surface area contributed by atoms with Crippen LogP contribution in [-0.4, -0.2) is 23.6 Å². The van der Waals surface area contributed by atoms with E-state index in [1.165, 1.54) is 19.3 Å². The fourth-order valence-electron chi connectivity index (χ4n) is 1.79. The lowest BCUT2D eigenvalue weighted by molar-refractivity contribution is 0.320. The van der Waals surface area contributed by atoms with Crippen LogP contribution in [0.4, 0.5) is 5.95 Å². The molecule has 0 amide bonds. The fraction of sp³-hybridized carbons (Fsp3) is 0.636. The first-order valence-electron chi connectivity index (χ1n) is 5.51. The van der Waals surface area contributed by atoms with E-state index in [1.807, 2.05) is 0 Å². The number of hydrogen-bond acceptors (Lipinski definition) is 4. The molecule has 1 fully saturated rings. The van der Waals surface area contributed by atoms with Crippen LogP contribution in [0.3, 0.4) is 0 Å². The molecule has 82 valence electrons. The molecule has 1 aliphatic rings. The number of rotatable bonds is 4. The minimum atomic E-state index is 0.507. The van der Waals surface area contributed by atoms with Crippen molar-refractivity contribution in [2.75, 3.05) is 18.5 Å². The van der Waals surface area contributed by atoms with Gasteiger partial charge in [-0.05, 0) is 18.8 Å². The topological polar surface area (TPSA) is 55.0 Å². The quantitative estimate of drug-likeness (QED) is 0.803. The maximum Gasteiger partial charge on any atom is 0.225 e. The Balaban J connectivity index is 1.94. The fourth-order valence-corrected chi connectivity index (χ4v) is 1.79. The molecule has 1 aromatic rings. The van der Waals surface area contributed by atoms with Gasteiger partial charge in [-0.1, -0.05) is 6.42 Å². The second-order valence-corrected chi connectivity index (χ2v) is 4.27. The van der Waals surface area contributed by atoms with E-state index in [2.05, 4.69) is 21.9 Å². The molecule has 2 N–H and O–H groups in total. The molecule has 0 spiro atoms. The zero-order chi connectivity index (χ0) is 10.7. The first-order chi connectivity index (χ1) is 7.29. The van der Waals surface area contributed by atoms with Gasteiger partial charge >= 0.3 is 0 Å². The van der Waals surface area contributed by atoms with Gasteiger partial charge in [0, 0.05) is 38.1 Å². The van der Waals surface area contributed by atoms with Crippen LogP contribution >= 0.6 is 0 Å². The standard InChI is InChI=1S/C11H18N4/c1-15(8-9-3-2-4-9)11-13-6-10(5-12)7-14-11/h6-7,9H,2-5,8,12H2,1H3. The molecule has 0 bridgehead atoms. The summed E-state index contributed by atoms with van der Waals surface area (Å²) in [6, 6.07) is 0. The van der Waals surface area contributed by atoms with Crippen molar-refractivity contribution >= 4 is 5.95 Å². The maximum absolute atomic E-state index is 5.49. The van der Waals surface area contributed by atoms with Crippen LogP contribution < -0.4 is 10.6 Å². The normalized spacial score (nSPS) is 16.1. The van der Waals surface area contributed by atoms with Crippen molar-refractivity contribution in [1.29, 1.82) is 0 Å². The molecule has 0 radical (unpaired) electrons. The minimum Gasteiger partial charge on any atom is -0.344 e. The number of aromatic nitrogens is 2.